The molecule has 0 aliphatic rings. The van der Waals surface area contributed by atoms with Crippen LogP contribution in [0.15, 0.2) is 126 Å². The van der Waals surface area contributed by atoms with Crippen molar-refractivity contribution in [2.45, 2.75) is 27.7 Å². The van der Waals surface area contributed by atoms with E-state index in [1.165, 1.54) is 0 Å². The third-order valence-corrected chi connectivity index (χ3v) is 11.2. The molecule has 10 heteroatoms. The van der Waals surface area contributed by atoms with Crippen LogP contribution in [0, 0.1) is 27.7 Å². The lowest BCUT2D eigenvalue weighted by Crippen LogP contribution is -2.02. The summed E-state index contributed by atoms with van der Waals surface area (Å²) in [4.78, 5) is 0. The predicted molar refractivity (Wildman–Crippen MR) is 209 cm³/mol. The molecule has 0 amide bonds. The summed E-state index contributed by atoms with van der Waals surface area (Å²) in [7, 11) is -0.621. The molecule has 0 bridgehead atoms. The predicted octanol–water partition coefficient (Wildman–Crippen LogP) is 13.5. The van der Waals surface area contributed by atoms with Gasteiger partial charge in [-0.05, 0) is 75.2 Å². The van der Waals surface area contributed by atoms with E-state index >= 15 is 0 Å². The van der Waals surface area contributed by atoms with E-state index in [0.29, 0.717) is 45.3 Å². The smallest absolute Gasteiger partial charge is 0.453 e. The van der Waals surface area contributed by atoms with E-state index in [9.17, 15) is 0 Å². The van der Waals surface area contributed by atoms with Gasteiger partial charge in [0.15, 0.2) is 0 Å². The minimum atomic E-state index is -1.97. The van der Waals surface area contributed by atoms with Crippen molar-refractivity contribution in [1.29, 1.82) is 0 Å². The van der Waals surface area contributed by atoms with Gasteiger partial charge in [0.2, 0.25) is 0 Å². The van der Waals surface area contributed by atoms with E-state index in [4.69, 9.17) is 35.3 Å². The molecule has 0 saturated carbocycles. The average molecular weight is 731 g/mol. The number of rotatable bonds is 7. The van der Waals surface area contributed by atoms with E-state index in [0.717, 1.165) is 54.9 Å². The van der Waals surface area contributed by atoms with Gasteiger partial charge in [-0.1, -0.05) is 72.8 Å². The van der Waals surface area contributed by atoms with Gasteiger partial charge in [0, 0.05) is 43.8 Å². The topological polar surface area (TPSA) is 89.5 Å². The van der Waals surface area contributed by atoms with Crippen LogP contribution in [0.2, 0.25) is 0 Å². The van der Waals surface area contributed by atoms with E-state index in [1.807, 2.05) is 137 Å². The third-order valence-electron chi connectivity index (χ3n) is 9.20. The maximum Gasteiger partial charge on any atom is 0.453 e. The fourth-order valence-electron chi connectivity index (χ4n) is 6.64. The zero-order valence-electron chi connectivity index (χ0n) is 29.6. The lowest BCUT2D eigenvalue weighted by atomic mass is 9.90. The van der Waals surface area contributed by atoms with Crippen molar-refractivity contribution >= 4 is 60.4 Å². The average Bonchev–Trinajstić information content (AvgIpc) is 3.42. The van der Waals surface area contributed by atoms with Crippen LogP contribution in [-0.4, -0.2) is 14.2 Å². The molecule has 52 heavy (non-hydrogen) atoms. The molecule has 262 valence electrons. The van der Waals surface area contributed by atoms with Gasteiger partial charge in [0.05, 0.1) is 14.2 Å². The first kappa shape index (κ1) is 33.5. The molecule has 0 aliphatic heterocycles. The highest BCUT2D eigenvalue weighted by atomic mass is 31.1. The Morgan fingerprint density at radius 2 is 0.712 bits per heavy atom. The summed E-state index contributed by atoms with van der Waals surface area (Å²) in [6, 6.07) is 35.4. The molecule has 2 aromatic heterocycles. The van der Waals surface area contributed by atoms with E-state index in [-0.39, 0.29) is 0 Å². The minimum Gasteiger partial charge on any atom is -0.496 e. The molecule has 0 N–H and O–H groups in total. The molecule has 0 unspecified atom stereocenters. The van der Waals surface area contributed by atoms with Crippen LogP contribution in [0.5, 0.6) is 23.0 Å². The van der Waals surface area contributed by atoms with Crippen molar-refractivity contribution < 1.29 is 35.3 Å². The SMILES string of the molecule is COc1cc(C)c(Op2oc3ccccc3c3ccccc3o2)c(-c2c(C)c(OC)cc(C)c2Op2oc3ccccc3c3ccccc3o2)c1C. The minimum absolute atomic E-state index is 0.563. The Labute approximate surface area is 302 Å². The normalized spacial score (nSPS) is 11.3. The first-order valence-corrected chi connectivity index (χ1v) is 18.9. The number of benzene rings is 6. The van der Waals surface area contributed by atoms with Crippen molar-refractivity contribution in [2.24, 2.45) is 0 Å². The highest BCUT2D eigenvalue weighted by molar-refractivity contribution is 7.32. The fourth-order valence-corrected chi connectivity index (χ4v) is 8.91. The molecular weight excluding hydrogens is 694 g/mol. The Bertz CT molecular complexity index is 2430. The van der Waals surface area contributed by atoms with E-state index in [2.05, 4.69) is 0 Å². The molecule has 0 atom stereocenters. The van der Waals surface area contributed by atoms with Gasteiger partial charge in [-0.3, -0.25) is 0 Å². The summed E-state index contributed by atoms with van der Waals surface area (Å²) >= 11 is 0. The summed E-state index contributed by atoms with van der Waals surface area (Å²) in [6.45, 7) is 7.96. The Balaban J connectivity index is 1.39. The molecule has 2 heterocycles. The number of fused-ring (bicyclic) bond motifs is 6. The van der Waals surface area contributed by atoms with Crippen LogP contribution in [0.25, 0.3) is 55.0 Å². The quantitative estimate of drug-likeness (QED) is 0.160. The van der Waals surface area contributed by atoms with Crippen molar-refractivity contribution in [3.63, 3.8) is 0 Å². The molecule has 0 saturated heterocycles. The first-order chi connectivity index (χ1) is 25.3. The first-order valence-electron chi connectivity index (χ1n) is 16.8. The highest BCUT2D eigenvalue weighted by Gasteiger charge is 2.28. The van der Waals surface area contributed by atoms with Crippen LogP contribution < -0.4 is 18.5 Å². The standard InChI is InChI=1S/C42H36O8P2/c1-25-23-37(43-5)27(3)39(41(25)49-51-45-33-19-11-7-15-29(33)30-16-8-12-20-34(30)46-51)40-28(4)38(44-6)24-26(2)42(40)50-52-47-35-21-13-9-17-31(35)32-18-10-14-22-36(32)48-52/h7-24H,1-6H3. The number of hydrogen-bond acceptors (Lipinski definition) is 8. The summed E-state index contributed by atoms with van der Waals surface area (Å²) < 4.78 is 51.7. The maximum absolute atomic E-state index is 6.88. The van der Waals surface area contributed by atoms with Gasteiger partial charge in [-0.2, -0.15) is 0 Å². The van der Waals surface area contributed by atoms with Gasteiger partial charge < -0.3 is 35.3 Å². The van der Waals surface area contributed by atoms with Crippen LogP contribution in [0.4, 0.5) is 0 Å². The zero-order valence-corrected chi connectivity index (χ0v) is 31.3. The van der Waals surface area contributed by atoms with Gasteiger partial charge in [0.1, 0.15) is 45.3 Å². The second-order valence-electron chi connectivity index (χ2n) is 12.4. The van der Waals surface area contributed by atoms with Crippen molar-refractivity contribution in [1.82, 2.24) is 0 Å². The Morgan fingerprint density at radius 1 is 0.423 bits per heavy atom. The third kappa shape index (κ3) is 5.94. The monoisotopic (exact) mass is 730 g/mol. The van der Waals surface area contributed by atoms with E-state index < -0.39 is 16.5 Å². The highest BCUT2D eigenvalue weighted by Crippen LogP contribution is 2.53. The van der Waals surface area contributed by atoms with Gasteiger partial charge in [0.25, 0.3) is 0 Å². The Morgan fingerprint density at radius 3 is 1.00 bits per heavy atom. The van der Waals surface area contributed by atoms with Gasteiger partial charge in [-0.15, -0.1) is 0 Å². The summed E-state index contributed by atoms with van der Waals surface area (Å²) in [5.41, 5.74) is 7.49. The molecule has 8 rings (SSSR count). The van der Waals surface area contributed by atoms with Crippen molar-refractivity contribution in [3.05, 3.63) is 131 Å². The summed E-state index contributed by atoms with van der Waals surface area (Å²) in [5, 5.41) is 3.72. The van der Waals surface area contributed by atoms with Crippen LogP contribution in [0.1, 0.15) is 22.3 Å². The second-order valence-corrected chi connectivity index (χ2v) is 14.4. The molecule has 8 aromatic rings. The molecule has 0 spiro atoms. The fraction of sp³-hybridized carbons (Fsp3) is 0.143. The van der Waals surface area contributed by atoms with Crippen LogP contribution >= 0.6 is 16.5 Å². The molecule has 6 aromatic carbocycles. The Kier molecular flexibility index (Phi) is 8.88. The van der Waals surface area contributed by atoms with Gasteiger partial charge >= 0.3 is 16.5 Å². The molecule has 0 aliphatic carbocycles. The van der Waals surface area contributed by atoms with Crippen LogP contribution in [-0.2, 0) is 0 Å². The summed E-state index contributed by atoms with van der Waals surface area (Å²) in [6.07, 6.45) is 0. The van der Waals surface area contributed by atoms with Crippen molar-refractivity contribution in [3.8, 4) is 34.1 Å². The number of para-hydroxylation sites is 4. The Hall–Kier alpha value is -5.68. The maximum atomic E-state index is 6.88. The van der Waals surface area contributed by atoms with Gasteiger partial charge in [-0.25, -0.2) is 0 Å². The van der Waals surface area contributed by atoms with Crippen LogP contribution in [0.3, 0.4) is 0 Å². The lowest BCUT2D eigenvalue weighted by molar-refractivity contribution is 0.409. The van der Waals surface area contributed by atoms with Crippen molar-refractivity contribution in [2.75, 3.05) is 14.2 Å². The number of hydrogen-bond donors (Lipinski definition) is 0. The lowest BCUT2D eigenvalue weighted by Gasteiger charge is -2.23. The van der Waals surface area contributed by atoms with E-state index in [1.54, 1.807) is 14.2 Å². The summed E-state index contributed by atoms with van der Waals surface area (Å²) in [5.74, 6) is 2.50. The molecular formula is C42H36O8P2. The second kappa shape index (κ2) is 13.8. The molecule has 0 fully saturated rings. The number of methoxy groups -OCH3 is 2. The zero-order chi connectivity index (χ0) is 35.9. The molecule has 0 radical (unpaired) electrons. The number of aryl methyl sites for hydroxylation is 2. The number of ether oxygens (including phenoxy) is 2. The molecule has 8 nitrogen and oxygen atoms in total. The largest absolute Gasteiger partial charge is 0.496 e.